The summed E-state index contributed by atoms with van der Waals surface area (Å²) < 4.78 is 46.2. The molecule has 5 rings (SSSR count). The first-order valence-electron chi connectivity index (χ1n) is 15.1. The molecule has 0 spiro atoms. The standard InChI is InChI=1S/C36H35F3N4O3/c1-3-41(4-2)21-22-42(24-26-11-13-27(14-12-26)28-15-17-29(18-16-28)36(37,38)39)34(44)25-43-32-10-6-5-9-31(32)35(45)40-33(43)20-19-30-8-7-23-46-30/h5-20,23H,3-4,21-22,24-25H2,1-2H3/b20-19+. The van der Waals surface area contributed by atoms with E-state index in [4.69, 9.17) is 4.42 Å². The first kappa shape index (κ1) is 32.4. The molecular formula is C36H35F3N4O3. The number of nitrogens with zero attached hydrogens (tertiary/aromatic N) is 4. The maximum Gasteiger partial charge on any atom is 0.416 e. The highest BCUT2D eigenvalue weighted by atomic mass is 19.4. The Morgan fingerprint density at radius 2 is 1.54 bits per heavy atom. The molecule has 238 valence electrons. The maximum atomic E-state index is 14.1. The van der Waals surface area contributed by atoms with Gasteiger partial charge in [-0.1, -0.05) is 62.4 Å². The second-order valence-corrected chi connectivity index (χ2v) is 10.8. The van der Waals surface area contributed by atoms with E-state index in [1.54, 1.807) is 58.2 Å². The van der Waals surface area contributed by atoms with Gasteiger partial charge in [0.25, 0.3) is 5.56 Å². The summed E-state index contributed by atoms with van der Waals surface area (Å²) in [6.07, 6.45) is 0.527. The number of para-hydroxylation sites is 1. The van der Waals surface area contributed by atoms with Crippen molar-refractivity contribution in [2.45, 2.75) is 33.1 Å². The van der Waals surface area contributed by atoms with Crippen LogP contribution in [0.1, 0.15) is 36.6 Å². The summed E-state index contributed by atoms with van der Waals surface area (Å²) in [5.41, 5.74) is 1.84. The highest BCUT2D eigenvalue weighted by Crippen LogP contribution is 2.31. The second kappa shape index (κ2) is 14.4. The number of benzene rings is 3. The zero-order valence-electron chi connectivity index (χ0n) is 25.7. The van der Waals surface area contributed by atoms with Crippen molar-refractivity contribution in [3.8, 4) is 11.1 Å². The average molecular weight is 629 g/mol. The first-order chi connectivity index (χ1) is 22.2. The largest absolute Gasteiger partial charge is 0.465 e. The molecule has 0 saturated heterocycles. The second-order valence-electron chi connectivity index (χ2n) is 10.8. The number of fused-ring (bicyclic) bond motifs is 1. The number of likely N-dealkylation sites (N-methyl/N-ethyl adjacent to an activating group) is 1. The molecule has 3 aromatic carbocycles. The maximum absolute atomic E-state index is 14.1. The number of amides is 1. The molecule has 2 aromatic heterocycles. The number of furan rings is 1. The van der Waals surface area contributed by atoms with E-state index in [0.717, 1.165) is 36.3 Å². The fourth-order valence-electron chi connectivity index (χ4n) is 5.28. The van der Waals surface area contributed by atoms with Crippen LogP contribution in [0.3, 0.4) is 0 Å². The Kier molecular flexibility index (Phi) is 10.2. The molecule has 0 aliphatic rings. The van der Waals surface area contributed by atoms with Crippen molar-refractivity contribution >= 4 is 29.0 Å². The van der Waals surface area contributed by atoms with Crippen molar-refractivity contribution in [3.05, 3.63) is 124 Å². The molecule has 0 unspecified atom stereocenters. The lowest BCUT2D eigenvalue weighted by Gasteiger charge is -2.27. The number of carbonyl (C=O) groups is 1. The normalized spacial score (nSPS) is 12.0. The fourth-order valence-corrected chi connectivity index (χ4v) is 5.28. The number of aromatic nitrogens is 2. The lowest BCUT2D eigenvalue weighted by Crippen LogP contribution is -2.40. The number of alkyl halides is 3. The summed E-state index contributed by atoms with van der Waals surface area (Å²) in [7, 11) is 0. The van der Waals surface area contributed by atoms with Crippen molar-refractivity contribution in [2.75, 3.05) is 26.2 Å². The molecule has 0 aliphatic carbocycles. The molecule has 0 saturated carbocycles. The van der Waals surface area contributed by atoms with Gasteiger partial charge >= 0.3 is 6.18 Å². The van der Waals surface area contributed by atoms with Gasteiger partial charge in [0.1, 0.15) is 18.1 Å². The van der Waals surface area contributed by atoms with Crippen LogP contribution in [0.25, 0.3) is 34.2 Å². The number of carbonyl (C=O) groups excluding carboxylic acids is 1. The van der Waals surface area contributed by atoms with Crippen LogP contribution in [0, 0.1) is 0 Å². The summed E-state index contributed by atoms with van der Waals surface area (Å²) in [6.45, 7) is 7.27. The van der Waals surface area contributed by atoms with Gasteiger partial charge in [-0.3, -0.25) is 9.59 Å². The van der Waals surface area contributed by atoms with Gasteiger partial charge in [0.2, 0.25) is 5.91 Å². The quantitative estimate of drug-likeness (QED) is 0.146. The van der Waals surface area contributed by atoms with Gasteiger partial charge in [-0.2, -0.15) is 18.2 Å². The Labute approximate surface area is 265 Å². The van der Waals surface area contributed by atoms with Crippen molar-refractivity contribution < 1.29 is 22.4 Å². The minimum absolute atomic E-state index is 0.0481. The lowest BCUT2D eigenvalue weighted by atomic mass is 10.0. The van der Waals surface area contributed by atoms with E-state index in [2.05, 4.69) is 23.7 Å². The molecule has 1 amide bonds. The van der Waals surface area contributed by atoms with Crippen LogP contribution in [0.15, 0.2) is 100 Å². The Morgan fingerprint density at radius 1 is 0.870 bits per heavy atom. The third kappa shape index (κ3) is 7.81. The topological polar surface area (TPSA) is 71.6 Å². The SMILES string of the molecule is CCN(CC)CCN(Cc1ccc(-c2ccc(C(F)(F)F)cc2)cc1)C(=O)Cn1c(/C=C/c2ccco2)nc(=O)c2ccccc21. The first-order valence-corrected chi connectivity index (χ1v) is 15.1. The van der Waals surface area contributed by atoms with Gasteiger partial charge in [-0.05, 0) is 78.3 Å². The third-order valence-electron chi connectivity index (χ3n) is 7.96. The Hall–Kier alpha value is -4.96. The molecule has 7 nitrogen and oxygen atoms in total. The van der Waals surface area contributed by atoms with Crippen LogP contribution in [0.4, 0.5) is 13.2 Å². The fraction of sp³-hybridized carbons (Fsp3) is 0.250. The van der Waals surface area contributed by atoms with Gasteiger partial charge in [0.05, 0.1) is 22.7 Å². The van der Waals surface area contributed by atoms with E-state index in [0.29, 0.717) is 47.7 Å². The van der Waals surface area contributed by atoms with Crippen LogP contribution < -0.4 is 5.56 Å². The molecule has 46 heavy (non-hydrogen) atoms. The minimum Gasteiger partial charge on any atom is -0.465 e. The van der Waals surface area contributed by atoms with Gasteiger partial charge in [-0.25, -0.2) is 0 Å². The Bertz CT molecular complexity index is 1840. The zero-order chi connectivity index (χ0) is 32.7. The van der Waals surface area contributed by atoms with E-state index in [1.807, 2.05) is 30.3 Å². The van der Waals surface area contributed by atoms with E-state index in [1.165, 1.54) is 12.1 Å². The molecule has 0 N–H and O–H groups in total. The number of hydrogen-bond donors (Lipinski definition) is 0. The van der Waals surface area contributed by atoms with Crippen molar-refractivity contribution in [1.82, 2.24) is 19.4 Å². The summed E-state index contributed by atoms with van der Waals surface area (Å²) >= 11 is 0. The van der Waals surface area contributed by atoms with Crippen LogP contribution in [0.2, 0.25) is 0 Å². The molecule has 0 fully saturated rings. The van der Waals surface area contributed by atoms with Crippen LogP contribution in [-0.4, -0.2) is 51.4 Å². The predicted molar refractivity (Wildman–Crippen MR) is 174 cm³/mol. The van der Waals surface area contributed by atoms with E-state index in [-0.39, 0.29) is 18.0 Å². The molecular weight excluding hydrogens is 593 g/mol. The number of halogens is 3. The molecule has 0 radical (unpaired) electrons. The van der Waals surface area contributed by atoms with E-state index >= 15 is 0 Å². The summed E-state index contributed by atoms with van der Waals surface area (Å²) in [6, 6.07) is 23.2. The van der Waals surface area contributed by atoms with Crippen molar-refractivity contribution in [1.29, 1.82) is 0 Å². The van der Waals surface area contributed by atoms with E-state index in [9.17, 15) is 22.8 Å². The minimum atomic E-state index is -4.39. The summed E-state index contributed by atoms with van der Waals surface area (Å²) in [5, 5.41) is 0.416. The lowest BCUT2D eigenvalue weighted by molar-refractivity contribution is -0.137. The summed E-state index contributed by atoms with van der Waals surface area (Å²) in [5.74, 6) is 0.765. The van der Waals surface area contributed by atoms with Gasteiger partial charge in [0.15, 0.2) is 0 Å². The zero-order valence-corrected chi connectivity index (χ0v) is 25.7. The monoisotopic (exact) mass is 628 g/mol. The predicted octanol–water partition coefficient (Wildman–Crippen LogP) is 7.22. The van der Waals surface area contributed by atoms with Gasteiger partial charge in [-0.15, -0.1) is 0 Å². The third-order valence-corrected chi connectivity index (χ3v) is 7.96. The molecule has 10 heteroatoms. The van der Waals surface area contributed by atoms with Gasteiger partial charge < -0.3 is 18.8 Å². The molecule has 0 bridgehead atoms. The number of rotatable bonds is 12. The van der Waals surface area contributed by atoms with Crippen molar-refractivity contribution in [3.63, 3.8) is 0 Å². The van der Waals surface area contributed by atoms with Crippen molar-refractivity contribution in [2.24, 2.45) is 0 Å². The highest BCUT2D eigenvalue weighted by molar-refractivity contribution is 5.83. The van der Waals surface area contributed by atoms with Crippen LogP contribution in [0.5, 0.6) is 0 Å². The van der Waals surface area contributed by atoms with Gasteiger partial charge in [0, 0.05) is 19.6 Å². The average Bonchev–Trinajstić information content (AvgIpc) is 3.59. The Morgan fingerprint density at radius 3 is 2.17 bits per heavy atom. The van der Waals surface area contributed by atoms with E-state index < -0.39 is 11.7 Å². The molecule has 0 atom stereocenters. The van der Waals surface area contributed by atoms with Crippen LogP contribution in [-0.2, 0) is 24.1 Å². The number of hydrogen-bond acceptors (Lipinski definition) is 5. The smallest absolute Gasteiger partial charge is 0.416 e. The molecule has 5 aromatic rings. The molecule has 2 heterocycles. The van der Waals surface area contributed by atoms with Crippen LogP contribution >= 0.6 is 0 Å². The Balaban J connectivity index is 1.42. The summed E-state index contributed by atoms with van der Waals surface area (Å²) in [4.78, 5) is 35.3. The molecule has 0 aliphatic heterocycles. The highest BCUT2D eigenvalue weighted by Gasteiger charge is 2.30.